The molecular weight excluding hydrogens is 272 g/mol. The van der Waals surface area contributed by atoms with Crippen molar-refractivity contribution in [1.82, 2.24) is 0 Å². The van der Waals surface area contributed by atoms with Crippen LogP contribution in [0.15, 0.2) is 22.6 Å². The summed E-state index contributed by atoms with van der Waals surface area (Å²) in [5, 5.41) is 0. The van der Waals surface area contributed by atoms with E-state index in [2.05, 4.69) is 4.40 Å². The van der Waals surface area contributed by atoms with Gasteiger partial charge in [0.1, 0.15) is 28.4 Å². The number of hydrogen-bond acceptors (Lipinski definition) is 3. The molecular formula is C13H15F2NO2S. The Hall–Kier alpha value is -1.14. The zero-order valence-corrected chi connectivity index (χ0v) is 11.8. The van der Waals surface area contributed by atoms with Crippen LogP contribution in [0.25, 0.3) is 0 Å². The fourth-order valence-corrected chi connectivity index (χ4v) is 2.26. The third-order valence-electron chi connectivity index (χ3n) is 2.62. The van der Waals surface area contributed by atoms with E-state index in [4.69, 9.17) is 4.74 Å². The van der Waals surface area contributed by atoms with Crippen LogP contribution in [0.3, 0.4) is 0 Å². The second-order valence-corrected chi connectivity index (χ2v) is 7.14. The number of rotatable bonds is 1. The van der Waals surface area contributed by atoms with Gasteiger partial charge in [-0.05, 0) is 32.9 Å². The van der Waals surface area contributed by atoms with Crippen LogP contribution in [0.2, 0.25) is 0 Å². The monoisotopic (exact) mass is 287 g/mol. The van der Waals surface area contributed by atoms with Crippen molar-refractivity contribution in [1.29, 1.82) is 0 Å². The third-order valence-corrected chi connectivity index (χ3v) is 4.03. The molecule has 19 heavy (non-hydrogen) atoms. The lowest BCUT2D eigenvalue weighted by Crippen LogP contribution is -2.34. The Morgan fingerprint density at radius 3 is 2.74 bits per heavy atom. The Morgan fingerprint density at radius 2 is 2.11 bits per heavy atom. The molecule has 0 radical (unpaired) electrons. The van der Waals surface area contributed by atoms with Gasteiger partial charge >= 0.3 is 0 Å². The molecule has 0 spiro atoms. The Bertz CT molecular complexity index is 514. The van der Waals surface area contributed by atoms with Crippen LogP contribution in [-0.4, -0.2) is 27.8 Å². The second-order valence-electron chi connectivity index (χ2n) is 5.23. The first-order chi connectivity index (χ1) is 8.80. The zero-order chi connectivity index (χ0) is 14.2. The average Bonchev–Trinajstić information content (AvgIpc) is 2.31. The molecule has 6 heteroatoms. The maximum Gasteiger partial charge on any atom is 0.181 e. The van der Waals surface area contributed by atoms with Gasteiger partial charge in [0.05, 0.1) is 0 Å². The van der Waals surface area contributed by atoms with Gasteiger partial charge in [-0.3, -0.25) is 0 Å². The molecule has 0 amide bonds. The number of ether oxygens (including phenoxy) is 1. The smallest absolute Gasteiger partial charge is 0.181 e. The number of hydrogen-bond donors (Lipinski definition) is 0. The summed E-state index contributed by atoms with van der Waals surface area (Å²) in [5.74, 6) is -0.597. The molecule has 1 aromatic rings. The minimum absolute atomic E-state index is 0.00555. The minimum atomic E-state index is -1.60. The van der Waals surface area contributed by atoms with E-state index in [9.17, 15) is 13.3 Å². The van der Waals surface area contributed by atoms with Crippen LogP contribution in [0.1, 0.15) is 26.3 Å². The first-order valence-corrected chi connectivity index (χ1v) is 6.97. The topological polar surface area (TPSA) is 44.7 Å². The summed E-state index contributed by atoms with van der Waals surface area (Å²) in [6, 6.07) is 4.20. The van der Waals surface area contributed by atoms with Crippen LogP contribution in [0.4, 0.5) is 8.78 Å². The summed E-state index contributed by atoms with van der Waals surface area (Å²) >= 11 is -1.60. The molecule has 0 aromatic heterocycles. The first-order valence-electron chi connectivity index (χ1n) is 5.87. The van der Waals surface area contributed by atoms with E-state index in [1.165, 1.54) is 18.2 Å². The molecule has 3 nitrogen and oxygen atoms in total. The number of nitrogens with zero attached hydrogens (tertiary/aromatic N) is 1. The van der Waals surface area contributed by atoms with Crippen LogP contribution >= 0.6 is 0 Å². The van der Waals surface area contributed by atoms with E-state index >= 15 is 0 Å². The van der Waals surface area contributed by atoms with E-state index in [1.807, 2.05) is 0 Å². The summed E-state index contributed by atoms with van der Waals surface area (Å²) < 4.78 is 47.8. The van der Waals surface area contributed by atoms with Crippen molar-refractivity contribution in [2.75, 3.05) is 6.61 Å². The van der Waals surface area contributed by atoms with E-state index < -0.39 is 28.1 Å². The second kappa shape index (κ2) is 5.09. The molecule has 0 saturated heterocycles. The first kappa shape index (κ1) is 14.3. The van der Waals surface area contributed by atoms with Gasteiger partial charge < -0.3 is 9.29 Å². The van der Waals surface area contributed by atoms with E-state index in [-0.39, 0.29) is 23.6 Å². The SMILES string of the molecule is CC(C)(C)[S@@+]([O-])N=C1c2cccc(F)c2OCC1F. The van der Waals surface area contributed by atoms with Crippen molar-refractivity contribution in [3.8, 4) is 5.75 Å². The van der Waals surface area contributed by atoms with Crippen LogP contribution in [-0.2, 0) is 11.4 Å². The van der Waals surface area contributed by atoms with E-state index in [1.54, 1.807) is 20.8 Å². The number of benzene rings is 1. The maximum atomic E-state index is 13.9. The van der Waals surface area contributed by atoms with Gasteiger partial charge in [-0.25, -0.2) is 8.78 Å². The van der Waals surface area contributed by atoms with Gasteiger partial charge in [0.15, 0.2) is 17.7 Å². The number of fused-ring (bicyclic) bond motifs is 1. The molecule has 104 valence electrons. The average molecular weight is 287 g/mol. The van der Waals surface area contributed by atoms with Crippen molar-refractivity contribution >= 4 is 17.1 Å². The summed E-state index contributed by atoms with van der Waals surface area (Å²) in [6.45, 7) is 4.92. The highest BCUT2D eigenvalue weighted by molar-refractivity contribution is 7.91. The molecule has 0 saturated carbocycles. The van der Waals surface area contributed by atoms with Gasteiger partial charge in [0, 0.05) is 5.56 Å². The molecule has 2 atom stereocenters. The van der Waals surface area contributed by atoms with E-state index in [0.717, 1.165) is 0 Å². The highest BCUT2D eigenvalue weighted by atomic mass is 32.2. The Labute approximate surface area is 114 Å². The fraction of sp³-hybridized carbons (Fsp3) is 0.462. The quantitative estimate of drug-likeness (QED) is 0.746. The van der Waals surface area contributed by atoms with E-state index in [0.29, 0.717) is 0 Å². The minimum Gasteiger partial charge on any atom is -0.591 e. The molecule has 1 aliphatic rings. The highest BCUT2D eigenvalue weighted by Gasteiger charge is 2.34. The lowest BCUT2D eigenvalue weighted by molar-refractivity contribution is 0.222. The van der Waals surface area contributed by atoms with Crippen molar-refractivity contribution in [2.45, 2.75) is 31.7 Å². The summed E-state index contributed by atoms with van der Waals surface area (Å²) in [5.41, 5.74) is 0.227. The van der Waals surface area contributed by atoms with Crippen LogP contribution in [0, 0.1) is 5.82 Å². The lowest BCUT2D eigenvalue weighted by Gasteiger charge is -2.24. The van der Waals surface area contributed by atoms with Crippen LogP contribution in [0.5, 0.6) is 5.75 Å². The van der Waals surface area contributed by atoms with Crippen molar-refractivity contribution in [2.24, 2.45) is 4.40 Å². The molecule has 1 heterocycles. The normalized spacial score (nSPS) is 22.8. The van der Waals surface area contributed by atoms with Gasteiger partial charge in [-0.1, -0.05) is 10.5 Å². The molecule has 1 unspecified atom stereocenters. The zero-order valence-electron chi connectivity index (χ0n) is 10.9. The standard InChI is InChI=1S/C13H15F2NO2S/c1-13(2,3)19(17)16-11-8-5-4-6-9(14)12(8)18-7-10(11)15/h4-6,10H,7H2,1-3H3/t10?,19-/m1/s1. The van der Waals surface area contributed by atoms with Gasteiger partial charge in [-0.15, -0.1) is 0 Å². The van der Waals surface area contributed by atoms with Gasteiger partial charge in [0.25, 0.3) is 0 Å². The molecule has 2 rings (SSSR count). The molecule has 0 bridgehead atoms. The Morgan fingerprint density at radius 1 is 1.42 bits per heavy atom. The molecule has 1 aromatic carbocycles. The fourth-order valence-electron chi connectivity index (χ4n) is 1.59. The lowest BCUT2D eigenvalue weighted by atomic mass is 10.0. The van der Waals surface area contributed by atoms with Crippen molar-refractivity contribution in [3.05, 3.63) is 29.6 Å². The molecule has 1 aliphatic heterocycles. The van der Waals surface area contributed by atoms with Crippen molar-refractivity contribution in [3.63, 3.8) is 0 Å². The number of para-hydroxylation sites is 1. The number of halogens is 2. The molecule has 0 N–H and O–H groups in total. The molecule has 0 fully saturated rings. The van der Waals surface area contributed by atoms with Crippen molar-refractivity contribution < 1.29 is 18.1 Å². The summed E-state index contributed by atoms with van der Waals surface area (Å²) in [4.78, 5) is 0. The Balaban J connectivity index is 2.47. The largest absolute Gasteiger partial charge is 0.591 e. The predicted molar refractivity (Wildman–Crippen MR) is 71.2 cm³/mol. The summed E-state index contributed by atoms with van der Waals surface area (Å²) in [7, 11) is 0. The third kappa shape index (κ3) is 2.90. The molecule has 0 aliphatic carbocycles. The number of alkyl halides is 1. The highest BCUT2D eigenvalue weighted by Crippen LogP contribution is 2.30. The van der Waals surface area contributed by atoms with Crippen LogP contribution < -0.4 is 4.74 Å². The maximum absolute atomic E-state index is 13.9. The predicted octanol–water partition coefficient (Wildman–Crippen LogP) is 2.81. The summed E-state index contributed by atoms with van der Waals surface area (Å²) in [6.07, 6.45) is -1.50. The Kier molecular flexibility index (Phi) is 3.82. The van der Waals surface area contributed by atoms with Gasteiger partial charge in [-0.2, -0.15) is 0 Å². The van der Waals surface area contributed by atoms with Gasteiger partial charge in [0.2, 0.25) is 0 Å².